The van der Waals surface area contributed by atoms with E-state index in [1.165, 1.54) is 20.3 Å². The molecule has 0 bridgehead atoms. The Morgan fingerprint density at radius 3 is 2.42 bits per heavy atom. The van der Waals surface area contributed by atoms with Gasteiger partial charge in [-0.2, -0.15) is 4.98 Å². The van der Waals surface area contributed by atoms with Gasteiger partial charge in [-0.05, 0) is 37.3 Å². The summed E-state index contributed by atoms with van der Waals surface area (Å²) >= 11 is 0. The van der Waals surface area contributed by atoms with Crippen LogP contribution in [0.25, 0.3) is 22.8 Å². The maximum absolute atomic E-state index is 12.6. The molecular formula is C25H21N3O5. The summed E-state index contributed by atoms with van der Waals surface area (Å²) in [5.74, 6) is -0.550. The molecule has 0 N–H and O–H groups in total. The van der Waals surface area contributed by atoms with E-state index in [9.17, 15) is 9.59 Å². The number of ether oxygens (including phenoxy) is 2. The predicted molar refractivity (Wildman–Crippen MR) is 122 cm³/mol. The van der Waals surface area contributed by atoms with E-state index in [0.29, 0.717) is 23.0 Å². The Labute approximate surface area is 190 Å². The predicted octanol–water partition coefficient (Wildman–Crippen LogP) is 4.20. The highest BCUT2D eigenvalue weighted by atomic mass is 16.5. The van der Waals surface area contributed by atoms with Gasteiger partial charge in [0.05, 0.1) is 19.8 Å². The molecular weight excluding hydrogens is 422 g/mol. The van der Waals surface area contributed by atoms with Crippen molar-refractivity contribution >= 4 is 17.6 Å². The molecule has 0 radical (unpaired) electrons. The number of methoxy groups -OCH3 is 2. The molecule has 0 aliphatic carbocycles. The second-order valence-electron chi connectivity index (χ2n) is 7.16. The van der Waals surface area contributed by atoms with E-state index in [0.717, 1.165) is 11.1 Å². The van der Waals surface area contributed by atoms with Gasteiger partial charge in [-0.25, -0.2) is 9.59 Å². The number of anilines is 1. The highest BCUT2D eigenvalue weighted by Crippen LogP contribution is 2.30. The van der Waals surface area contributed by atoms with E-state index in [2.05, 4.69) is 10.1 Å². The van der Waals surface area contributed by atoms with Crippen molar-refractivity contribution in [2.45, 2.75) is 6.92 Å². The van der Waals surface area contributed by atoms with Crippen molar-refractivity contribution in [3.63, 3.8) is 0 Å². The summed E-state index contributed by atoms with van der Waals surface area (Å²) in [4.78, 5) is 31.0. The number of esters is 2. The van der Waals surface area contributed by atoms with Crippen LogP contribution in [0, 0.1) is 6.92 Å². The number of aromatic nitrogens is 2. The van der Waals surface area contributed by atoms with Gasteiger partial charge in [0.15, 0.2) is 0 Å². The van der Waals surface area contributed by atoms with Gasteiger partial charge in [-0.3, -0.25) is 0 Å². The summed E-state index contributed by atoms with van der Waals surface area (Å²) in [6.45, 7) is 2.01. The average Bonchev–Trinajstić information content (AvgIpc) is 3.23. The Bertz CT molecular complexity index is 1290. The highest BCUT2D eigenvalue weighted by Gasteiger charge is 2.27. The fourth-order valence-corrected chi connectivity index (χ4v) is 3.31. The second kappa shape index (κ2) is 9.35. The number of aryl methyl sites for hydroxylation is 1. The molecule has 0 amide bonds. The van der Waals surface area contributed by atoms with Crippen molar-refractivity contribution < 1.29 is 23.6 Å². The molecule has 2 aromatic carbocycles. The average molecular weight is 443 g/mol. The first-order valence-corrected chi connectivity index (χ1v) is 10.1. The zero-order valence-electron chi connectivity index (χ0n) is 18.3. The fourth-order valence-electron chi connectivity index (χ4n) is 3.31. The van der Waals surface area contributed by atoms with Crippen molar-refractivity contribution in [3.8, 4) is 22.8 Å². The molecule has 1 aliphatic rings. The third kappa shape index (κ3) is 4.45. The lowest BCUT2D eigenvalue weighted by Gasteiger charge is -2.23. The SMILES string of the molecule is COC(=O)C1=C(C(=O)OC)N(c2cccc(-c3nc(-c4ccc(C)cc4)no3)c2)C=CC=C1. The minimum absolute atomic E-state index is 0.0253. The lowest BCUT2D eigenvalue weighted by molar-refractivity contribution is -0.139. The summed E-state index contributed by atoms with van der Waals surface area (Å²) < 4.78 is 15.3. The maximum atomic E-state index is 12.6. The molecule has 0 saturated carbocycles. The minimum atomic E-state index is -0.684. The summed E-state index contributed by atoms with van der Waals surface area (Å²) in [6, 6.07) is 15.0. The lowest BCUT2D eigenvalue weighted by atomic mass is 10.1. The van der Waals surface area contributed by atoms with Crippen molar-refractivity contribution in [2.75, 3.05) is 19.1 Å². The Morgan fingerprint density at radius 2 is 1.70 bits per heavy atom. The third-order valence-corrected chi connectivity index (χ3v) is 5.00. The number of carbonyl (C=O) groups excluding carboxylic acids is 2. The second-order valence-corrected chi connectivity index (χ2v) is 7.16. The van der Waals surface area contributed by atoms with Crippen LogP contribution in [0.15, 0.2) is 88.8 Å². The van der Waals surface area contributed by atoms with Gasteiger partial charge in [0.2, 0.25) is 5.82 Å². The molecule has 0 fully saturated rings. The molecule has 0 unspecified atom stereocenters. The van der Waals surface area contributed by atoms with Crippen LogP contribution in [0.5, 0.6) is 0 Å². The monoisotopic (exact) mass is 443 g/mol. The van der Waals surface area contributed by atoms with Crippen LogP contribution in [0.3, 0.4) is 0 Å². The minimum Gasteiger partial charge on any atom is -0.465 e. The van der Waals surface area contributed by atoms with E-state index >= 15 is 0 Å². The number of nitrogens with zero attached hydrogens (tertiary/aromatic N) is 3. The van der Waals surface area contributed by atoms with E-state index in [-0.39, 0.29) is 11.3 Å². The summed E-state index contributed by atoms with van der Waals surface area (Å²) in [6.07, 6.45) is 6.51. The van der Waals surface area contributed by atoms with Crippen LogP contribution < -0.4 is 4.90 Å². The van der Waals surface area contributed by atoms with Crippen LogP contribution in [0.1, 0.15) is 5.56 Å². The van der Waals surface area contributed by atoms with Crippen molar-refractivity contribution in [1.82, 2.24) is 10.1 Å². The Kier molecular flexibility index (Phi) is 6.17. The molecule has 1 aromatic heterocycles. The molecule has 8 nitrogen and oxygen atoms in total. The van der Waals surface area contributed by atoms with Crippen molar-refractivity contribution in [1.29, 1.82) is 0 Å². The first-order valence-electron chi connectivity index (χ1n) is 10.1. The Balaban J connectivity index is 1.74. The molecule has 33 heavy (non-hydrogen) atoms. The quantitative estimate of drug-likeness (QED) is 0.542. The number of rotatable bonds is 5. The molecule has 4 rings (SSSR count). The molecule has 3 aromatic rings. The lowest BCUT2D eigenvalue weighted by Crippen LogP contribution is -2.26. The van der Waals surface area contributed by atoms with Gasteiger partial charge in [0.25, 0.3) is 5.89 Å². The number of allylic oxidation sites excluding steroid dienone is 2. The van der Waals surface area contributed by atoms with E-state index in [1.807, 2.05) is 37.3 Å². The van der Waals surface area contributed by atoms with Crippen molar-refractivity contribution in [2.24, 2.45) is 0 Å². The van der Waals surface area contributed by atoms with E-state index < -0.39 is 11.9 Å². The number of benzene rings is 2. The standard InChI is InChI=1S/C25H21N3O5/c1-16-10-12-17(13-11-16)22-26-23(33-27-22)18-7-6-8-19(15-18)28-14-5-4-9-20(24(29)31-2)21(28)25(30)32-3/h4-15H,1-3H3. The Hall–Kier alpha value is -4.46. The normalized spacial score (nSPS) is 13.1. The number of hydrogen-bond acceptors (Lipinski definition) is 8. The highest BCUT2D eigenvalue weighted by molar-refractivity contribution is 6.05. The van der Waals surface area contributed by atoms with Gasteiger partial charge in [0, 0.05) is 23.0 Å². The molecule has 1 aliphatic heterocycles. The van der Waals surface area contributed by atoms with Crippen LogP contribution in [-0.2, 0) is 19.1 Å². The zero-order valence-corrected chi connectivity index (χ0v) is 18.3. The van der Waals surface area contributed by atoms with Gasteiger partial charge < -0.3 is 18.9 Å². The molecule has 0 spiro atoms. The molecule has 2 heterocycles. The third-order valence-electron chi connectivity index (χ3n) is 5.00. The van der Waals surface area contributed by atoms with Crippen LogP contribution >= 0.6 is 0 Å². The fraction of sp³-hybridized carbons (Fsp3) is 0.120. The van der Waals surface area contributed by atoms with E-state index in [4.69, 9.17) is 14.0 Å². The topological polar surface area (TPSA) is 94.8 Å². The van der Waals surface area contributed by atoms with Crippen LogP contribution in [-0.4, -0.2) is 36.3 Å². The first-order chi connectivity index (χ1) is 16.0. The van der Waals surface area contributed by atoms with Crippen LogP contribution in [0.4, 0.5) is 5.69 Å². The first kappa shape index (κ1) is 21.8. The van der Waals surface area contributed by atoms with Gasteiger partial charge >= 0.3 is 11.9 Å². The molecule has 0 saturated heterocycles. The smallest absolute Gasteiger partial charge is 0.355 e. The number of hydrogen-bond donors (Lipinski definition) is 0. The number of carbonyl (C=O) groups is 2. The zero-order chi connectivity index (χ0) is 23.4. The maximum Gasteiger partial charge on any atom is 0.355 e. The summed E-state index contributed by atoms with van der Waals surface area (Å²) in [7, 11) is 2.50. The van der Waals surface area contributed by atoms with E-state index in [1.54, 1.807) is 41.5 Å². The van der Waals surface area contributed by atoms with Gasteiger partial charge in [-0.1, -0.05) is 47.1 Å². The van der Waals surface area contributed by atoms with Crippen molar-refractivity contribution in [3.05, 3.63) is 89.8 Å². The van der Waals surface area contributed by atoms with Gasteiger partial charge in [-0.15, -0.1) is 0 Å². The molecule has 8 heteroatoms. The Morgan fingerprint density at radius 1 is 0.939 bits per heavy atom. The van der Waals surface area contributed by atoms with Gasteiger partial charge in [0.1, 0.15) is 5.70 Å². The summed E-state index contributed by atoms with van der Waals surface area (Å²) in [5.41, 5.74) is 3.30. The largest absolute Gasteiger partial charge is 0.465 e. The molecule has 0 atom stereocenters. The molecule has 166 valence electrons. The summed E-state index contributed by atoms with van der Waals surface area (Å²) in [5, 5.41) is 4.08. The van der Waals surface area contributed by atoms with Crippen LogP contribution in [0.2, 0.25) is 0 Å².